The van der Waals surface area contributed by atoms with Gasteiger partial charge in [0.1, 0.15) is 6.10 Å². The minimum Gasteiger partial charge on any atom is -0.456 e. The van der Waals surface area contributed by atoms with Crippen molar-refractivity contribution in [2.45, 2.75) is 51.5 Å². The number of carbonyl (C=O) groups is 3. The quantitative estimate of drug-likeness (QED) is 0.510. The van der Waals surface area contributed by atoms with Crippen LogP contribution in [0.4, 0.5) is 0 Å². The summed E-state index contributed by atoms with van der Waals surface area (Å²) in [4.78, 5) is 33.7. The molecule has 1 aliphatic heterocycles. The zero-order valence-electron chi connectivity index (χ0n) is 12.8. The van der Waals surface area contributed by atoms with Crippen LogP contribution in [0.1, 0.15) is 20.8 Å². The van der Waals surface area contributed by atoms with Crippen molar-refractivity contribution in [2.75, 3.05) is 13.7 Å². The Kier molecular flexibility index (Phi) is 6.72. The summed E-state index contributed by atoms with van der Waals surface area (Å²) in [6.45, 7) is 3.41. The summed E-state index contributed by atoms with van der Waals surface area (Å²) in [5.41, 5.74) is 0. The van der Waals surface area contributed by atoms with E-state index in [2.05, 4.69) is 0 Å². The van der Waals surface area contributed by atoms with Crippen LogP contribution < -0.4 is 0 Å². The van der Waals surface area contributed by atoms with Gasteiger partial charge < -0.3 is 28.8 Å². The molecule has 126 valence electrons. The van der Waals surface area contributed by atoms with E-state index in [0.717, 1.165) is 13.8 Å². The van der Waals surface area contributed by atoms with Crippen molar-refractivity contribution in [1.29, 1.82) is 0 Å². The Bertz CT molecular complexity index is 422. The number of rotatable bonds is 5. The predicted molar refractivity (Wildman–Crippen MR) is 69.4 cm³/mol. The molecule has 0 bridgehead atoms. The number of hydrogen-bond donors (Lipinski definition) is 1. The highest BCUT2D eigenvalue weighted by molar-refractivity contribution is 5.68. The maximum Gasteiger partial charge on any atom is 0.303 e. The van der Waals surface area contributed by atoms with Crippen LogP contribution in [0, 0.1) is 0 Å². The fourth-order valence-electron chi connectivity index (χ4n) is 2.17. The molecule has 1 heterocycles. The lowest BCUT2D eigenvalue weighted by Gasteiger charge is -2.42. The largest absolute Gasteiger partial charge is 0.456 e. The third kappa shape index (κ3) is 4.93. The number of aliphatic hydroxyl groups is 1. The Morgan fingerprint density at radius 3 is 1.82 bits per heavy atom. The van der Waals surface area contributed by atoms with E-state index in [0.29, 0.717) is 0 Å². The lowest BCUT2D eigenvalue weighted by molar-refractivity contribution is -0.296. The van der Waals surface area contributed by atoms with Crippen molar-refractivity contribution in [3.63, 3.8) is 0 Å². The molecule has 5 atom stereocenters. The van der Waals surface area contributed by atoms with Crippen molar-refractivity contribution < 1.29 is 43.2 Å². The summed E-state index contributed by atoms with van der Waals surface area (Å²) in [6.07, 6.45) is -6.07. The molecule has 0 spiro atoms. The number of hydrogen-bond acceptors (Lipinski definition) is 9. The fourth-order valence-corrected chi connectivity index (χ4v) is 2.17. The third-order valence-electron chi connectivity index (χ3n) is 2.85. The van der Waals surface area contributed by atoms with Crippen LogP contribution in [0.25, 0.3) is 0 Å². The van der Waals surface area contributed by atoms with Crippen LogP contribution >= 0.6 is 0 Å². The molecule has 0 aromatic heterocycles. The van der Waals surface area contributed by atoms with E-state index >= 15 is 0 Å². The third-order valence-corrected chi connectivity index (χ3v) is 2.85. The number of esters is 3. The molecule has 1 saturated heterocycles. The fraction of sp³-hybridized carbons (Fsp3) is 0.769. The molecule has 0 saturated carbocycles. The molecule has 0 radical (unpaired) electrons. The van der Waals surface area contributed by atoms with Crippen LogP contribution in [-0.2, 0) is 38.1 Å². The molecule has 22 heavy (non-hydrogen) atoms. The second kappa shape index (κ2) is 8.06. The molecule has 1 aliphatic rings. The Hall–Kier alpha value is -1.71. The van der Waals surface area contributed by atoms with E-state index in [4.69, 9.17) is 23.7 Å². The van der Waals surface area contributed by atoms with Crippen molar-refractivity contribution in [2.24, 2.45) is 0 Å². The average molecular weight is 320 g/mol. The van der Waals surface area contributed by atoms with Crippen molar-refractivity contribution >= 4 is 17.9 Å². The van der Waals surface area contributed by atoms with Crippen molar-refractivity contribution in [1.82, 2.24) is 0 Å². The van der Waals surface area contributed by atoms with Crippen molar-refractivity contribution in [3.05, 3.63) is 0 Å². The smallest absolute Gasteiger partial charge is 0.303 e. The SMILES string of the molecule is COC[C@H]1O[C@@H](O)[C@H](OC(C)=O)[C@@H](OC(C)=O)[C@H]1OC(C)=O. The zero-order valence-corrected chi connectivity index (χ0v) is 12.8. The molecular weight excluding hydrogens is 300 g/mol. The molecule has 0 amide bonds. The van der Waals surface area contributed by atoms with Gasteiger partial charge in [-0.2, -0.15) is 0 Å². The molecule has 0 aromatic carbocycles. The van der Waals surface area contributed by atoms with Gasteiger partial charge in [-0.15, -0.1) is 0 Å². The summed E-state index contributed by atoms with van der Waals surface area (Å²) in [5.74, 6) is -2.05. The van der Waals surface area contributed by atoms with Gasteiger partial charge in [0.2, 0.25) is 0 Å². The Morgan fingerprint density at radius 1 is 0.909 bits per heavy atom. The number of methoxy groups -OCH3 is 1. The van der Waals surface area contributed by atoms with Gasteiger partial charge in [-0.3, -0.25) is 14.4 Å². The second-order valence-corrected chi connectivity index (χ2v) is 4.74. The maximum absolute atomic E-state index is 11.3. The van der Waals surface area contributed by atoms with Crippen LogP contribution in [0.3, 0.4) is 0 Å². The van der Waals surface area contributed by atoms with Crippen LogP contribution in [0.5, 0.6) is 0 Å². The first-order valence-corrected chi connectivity index (χ1v) is 6.60. The lowest BCUT2D eigenvalue weighted by Crippen LogP contribution is -2.62. The summed E-state index contributed by atoms with van der Waals surface area (Å²) < 4.78 is 25.3. The Labute approximate surface area is 127 Å². The van der Waals surface area contributed by atoms with Gasteiger partial charge in [-0.25, -0.2) is 0 Å². The van der Waals surface area contributed by atoms with Gasteiger partial charge in [0.15, 0.2) is 24.6 Å². The first-order chi connectivity index (χ1) is 10.3. The van der Waals surface area contributed by atoms with Gasteiger partial charge in [0.25, 0.3) is 0 Å². The van der Waals surface area contributed by atoms with E-state index in [1.165, 1.54) is 14.0 Å². The second-order valence-electron chi connectivity index (χ2n) is 4.74. The molecule has 0 unspecified atom stereocenters. The van der Waals surface area contributed by atoms with Crippen LogP contribution in [-0.4, -0.2) is 67.4 Å². The lowest BCUT2D eigenvalue weighted by atomic mass is 9.98. The predicted octanol–water partition coefficient (Wildman–Crippen LogP) is -0.855. The number of aliphatic hydroxyl groups excluding tert-OH is 1. The summed E-state index contributed by atoms with van der Waals surface area (Å²) in [5, 5.41) is 9.96. The summed E-state index contributed by atoms with van der Waals surface area (Å²) in [7, 11) is 1.39. The molecule has 0 aliphatic carbocycles. The first kappa shape index (κ1) is 18.3. The zero-order chi connectivity index (χ0) is 16.9. The van der Waals surface area contributed by atoms with Gasteiger partial charge >= 0.3 is 17.9 Å². The van der Waals surface area contributed by atoms with E-state index in [1.807, 2.05) is 0 Å². The van der Waals surface area contributed by atoms with Crippen LogP contribution in [0.2, 0.25) is 0 Å². The van der Waals surface area contributed by atoms with E-state index in [1.54, 1.807) is 0 Å². The summed E-state index contributed by atoms with van der Waals surface area (Å²) in [6, 6.07) is 0. The number of ether oxygens (including phenoxy) is 5. The molecule has 0 aromatic rings. The van der Waals surface area contributed by atoms with Gasteiger partial charge in [0, 0.05) is 27.9 Å². The molecule has 1 fully saturated rings. The highest BCUT2D eigenvalue weighted by Gasteiger charge is 2.51. The van der Waals surface area contributed by atoms with E-state index < -0.39 is 48.6 Å². The highest BCUT2D eigenvalue weighted by atomic mass is 16.7. The normalized spacial score (nSPS) is 31.2. The number of carbonyl (C=O) groups excluding carboxylic acids is 3. The molecular formula is C13H20O9. The van der Waals surface area contributed by atoms with E-state index in [9.17, 15) is 19.5 Å². The van der Waals surface area contributed by atoms with Gasteiger partial charge in [-0.1, -0.05) is 0 Å². The molecule has 1 N–H and O–H groups in total. The molecule has 9 nitrogen and oxygen atoms in total. The van der Waals surface area contributed by atoms with E-state index in [-0.39, 0.29) is 6.61 Å². The molecule has 1 rings (SSSR count). The summed E-state index contributed by atoms with van der Waals surface area (Å²) >= 11 is 0. The maximum atomic E-state index is 11.3. The average Bonchev–Trinajstić information content (AvgIpc) is 2.37. The molecule has 9 heteroatoms. The Balaban J connectivity index is 3.09. The minimum absolute atomic E-state index is 0.0282. The van der Waals surface area contributed by atoms with Crippen molar-refractivity contribution in [3.8, 4) is 0 Å². The monoisotopic (exact) mass is 320 g/mol. The Morgan fingerprint density at radius 2 is 1.36 bits per heavy atom. The van der Waals surface area contributed by atoms with Gasteiger partial charge in [-0.05, 0) is 0 Å². The van der Waals surface area contributed by atoms with Crippen LogP contribution in [0.15, 0.2) is 0 Å². The highest BCUT2D eigenvalue weighted by Crippen LogP contribution is 2.27. The topological polar surface area (TPSA) is 118 Å². The standard InChI is InChI=1S/C13H20O9/c1-6(14)19-10-9(5-18-4)22-13(17)12(21-8(3)16)11(10)20-7(2)15/h9-13,17H,5H2,1-4H3/t9-,10+,11+,12-,13-/m1/s1. The minimum atomic E-state index is -1.56. The van der Waals surface area contributed by atoms with Gasteiger partial charge in [0.05, 0.1) is 6.61 Å². The first-order valence-electron chi connectivity index (χ1n) is 6.60.